The number of rotatable bonds is 10. The molecule has 98 valence electrons. The Morgan fingerprint density at radius 2 is 1.65 bits per heavy atom. The summed E-state index contributed by atoms with van der Waals surface area (Å²) in [5.74, 6) is 2.15. The van der Waals surface area contributed by atoms with Gasteiger partial charge in [0, 0.05) is 6.42 Å². The minimum absolute atomic E-state index is 0.870. The Morgan fingerprint density at radius 1 is 0.941 bits per heavy atom. The van der Waals surface area contributed by atoms with Crippen molar-refractivity contribution in [1.29, 1.82) is 0 Å². The van der Waals surface area contributed by atoms with Crippen molar-refractivity contribution in [3.8, 4) is 0 Å². The highest BCUT2D eigenvalue weighted by molar-refractivity contribution is 5.06. The maximum atomic E-state index is 5.63. The largest absolute Gasteiger partial charge is 0.465 e. The minimum Gasteiger partial charge on any atom is -0.465 e. The van der Waals surface area contributed by atoms with E-state index in [1.807, 2.05) is 0 Å². The van der Waals surface area contributed by atoms with Crippen molar-refractivity contribution in [1.82, 2.24) is 5.32 Å². The first-order chi connectivity index (χ1) is 8.36. The van der Waals surface area contributed by atoms with Gasteiger partial charge in [-0.3, -0.25) is 0 Å². The molecule has 0 amide bonds. The fourth-order valence-corrected chi connectivity index (χ4v) is 1.95. The summed E-state index contributed by atoms with van der Waals surface area (Å²) in [6.45, 7) is 6.35. The van der Waals surface area contributed by atoms with Gasteiger partial charge < -0.3 is 9.73 Å². The lowest BCUT2D eigenvalue weighted by Gasteiger charge is -2.03. The van der Waals surface area contributed by atoms with E-state index in [9.17, 15) is 0 Å². The van der Waals surface area contributed by atoms with E-state index in [1.165, 1.54) is 38.5 Å². The molecule has 17 heavy (non-hydrogen) atoms. The van der Waals surface area contributed by atoms with E-state index in [0.717, 1.165) is 31.0 Å². The summed E-state index contributed by atoms with van der Waals surface area (Å²) < 4.78 is 5.63. The molecule has 0 saturated carbocycles. The van der Waals surface area contributed by atoms with Gasteiger partial charge in [-0.1, -0.05) is 46.0 Å². The first-order valence-electron chi connectivity index (χ1n) is 7.15. The molecule has 0 aliphatic carbocycles. The van der Waals surface area contributed by atoms with Gasteiger partial charge >= 0.3 is 0 Å². The zero-order valence-corrected chi connectivity index (χ0v) is 11.4. The molecule has 0 unspecified atom stereocenters. The van der Waals surface area contributed by atoms with Gasteiger partial charge in [0.05, 0.1) is 6.54 Å². The van der Waals surface area contributed by atoms with Crippen LogP contribution in [0.4, 0.5) is 0 Å². The lowest BCUT2D eigenvalue weighted by molar-refractivity contribution is 0.447. The van der Waals surface area contributed by atoms with Gasteiger partial charge in [0.1, 0.15) is 11.5 Å². The van der Waals surface area contributed by atoms with Gasteiger partial charge in [-0.05, 0) is 25.1 Å². The summed E-state index contributed by atoms with van der Waals surface area (Å²) in [5, 5.41) is 3.44. The Hall–Kier alpha value is -0.760. The molecule has 0 fully saturated rings. The third-order valence-corrected chi connectivity index (χ3v) is 3.07. The fraction of sp³-hybridized carbons (Fsp3) is 0.733. The molecule has 1 aromatic rings. The molecule has 1 N–H and O–H groups in total. The Balaban J connectivity index is 1.93. The first-order valence-corrected chi connectivity index (χ1v) is 7.15. The summed E-state index contributed by atoms with van der Waals surface area (Å²) in [7, 11) is 0. The van der Waals surface area contributed by atoms with E-state index >= 15 is 0 Å². The van der Waals surface area contributed by atoms with E-state index in [4.69, 9.17) is 4.42 Å². The van der Waals surface area contributed by atoms with Crippen LogP contribution >= 0.6 is 0 Å². The van der Waals surface area contributed by atoms with Crippen molar-refractivity contribution >= 4 is 0 Å². The zero-order valence-electron chi connectivity index (χ0n) is 11.4. The number of furan rings is 1. The third-order valence-electron chi connectivity index (χ3n) is 3.07. The highest BCUT2D eigenvalue weighted by Gasteiger charge is 1.99. The number of unbranched alkanes of at least 4 members (excludes halogenated alkanes) is 5. The van der Waals surface area contributed by atoms with Crippen LogP contribution in [0.2, 0.25) is 0 Å². The van der Waals surface area contributed by atoms with Crippen LogP contribution in [0.1, 0.15) is 63.9 Å². The van der Waals surface area contributed by atoms with Crippen LogP contribution in [0.3, 0.4) is 0 Å². The second kappa shape index (κ2) is 9.29. The van der Waals surface area contributed by atoms with Crippen LogP contribution in [0.15, 0.2) is 16.5 Å². The van der Waals surface area contributed by atoms with Crippen molar-refractivity contribution in [3.05, 3.63) is 23.7 Å². The van der Waals surface area contributed by atoms with Crippen LogP contribution in [-0.4, -0.2) is 6.54 Å². The van der Waals surface area contributed by atoms with Crippen LogP contribution in [0, 0.1) is 0 Å². The molecule has 0 aromatic carbocycles. The molecule has 0 radical (unpaired) electrons. The van der Waals surface area contributed by atoms with Crippen LogP contribution < -0.4 is 5.32 Å². The fourth-order valence-electron chi connectivity index (χ4n) is 1.95. The van der Waals surface area contributed by atoms with Gasteiger partial charge in [-0.2, -0.15) is 0 Å². The van der Waals surface area contributed by atoms with E-state index in [0.29, 0.717) is 0 Å². The van der Waals surface area contributed by atoms with Crippen LogP contribution in [-0.2, 0) is 13.0 Å². The smallest absolute Gasteiger partial charge is 0.117 e. The van der Waals surface area contributed by atoms with Crippen molar-refractivity contribution < 1.29 is 4.42 Å². The molecule has 2 nitrogen and oxygen atoms in total. The average molecular weight is 237 g/mol. The number of hydrogen-bond donors (Lipinski definition) is 1. The predicted octanol–water partition coefficient (Wildman–Crippen LogP) is 4.29. The van der Waals surface area contributed by atoms with E-state index in [2.05, 4.69) is 31.3 Å². The molecule has 1 rings (SSSR count). The van der Waals surface area contributed by atoms with Gasteiger partial charge in [0.2, 0.25) is 0 Å². The second-order valence-electron chi connectivity index (χ2n) is 4.67. The van der Waals surface area contributed by atoms with Gasteiger partial charge in [0.25, 0.3) is 0 Å². The number of aryl methyl sites for hydroxylation is 1. The summed E-state index contributed by atoms with van der Waals surface area (Å²) in [6, 6.07) is 4.15. The Kier molecular flexibility index (Phi) is 7.81. The predicted molar refractivity (Wildman–Crippen MR) is 73.2 cm³/mol. The molecule has 0 spiro atoms. The molecule has 1 aromatic heterocycles. The van der Waals surface area contributed by atoms with E-state index in [1.54, 1.807) is 0 Å². The number of nitrogens with one attached hydrogen (secondary N) is 1. The Labute approximate surface area is 106 Å². The quantitative estimate of drug-likeness (QED) is 0.614. The summed E-state index contributed by atoms with van der Waals surface area (Å²) >= 11 is 0. The van der Waals surface area contributed by atoms with Crippen molar-refractivity contribution in [2.75, 3.05) is 6.54 Å². The lowest BCUT2D eigenvalue weighted by Crippen LogP contribution is -2.14. The van der Waals surface area contributed by atoms with Crippen molar-refractivity contribution in [2.24, 2.45) is 0 Å². The minimum atomic E-state index is 0.870. The topological polar surface area (TPSA) is 25.2 Å². The Bertz CT molecular complexity index is 280. The van der Waals surface area contributed by atoms with Crippen LogP contribution in [0.5, 0.6) is 0 Å². The maximum absolute atomic E-state index is 5.63. The molecule has 0 atom stereocenters. The van der Waals surface area contributed by atoms with Crippen molar-refractivity contribution in [2.45, 2.75) is 65.3 Å². The normalized spacial score (nSPS) is 10.9. The summed E-state index contributed by atoms with van der Waals surface area (Å²) in [5.41, 5.74) is 0. The van der Waals surface area contributed by atoms with Gasteiger partial charge in [-0.15, -0.1) is 0 Å². The molecule has 0 aliphatic rings. The Morgan fingerprint density at radius 3 is 2.35 bits per heavy atom. The van der Waals surface area contributed by atoms with E-state index < -0.39 is 0 Å². The van der Waals surface area contributed by atoms with E-state index in [-0.39, 0.29) is 0 Å². The molecule has 0 saturated heterocycles. The summed E-state index contributed by atoms with van der Waals surface area (Å²) in [4.78, 5) is 0. The van der Waals surface area contributed by atoms with Gasteiger partial charge in [0.15, 0.2) is 0 Å². The molecule has 0 aliphatic heterocycles. The zero-order chi connectivity index (χ0) is 12.3. The number of hydrogen-bond acceptors (Lipinski definition) is 2. The first kappa shape index (κ1) is 14.3. The maximum Gasteiger partial charge on any atom is 0.117 e. The van der Waals surface area contributed by atoms with Crippen LogP contribution in [0.25, 0.3) is 0 Å². The molecular formula is C15H27NO. The average Bonchev–Trinajstić information content (AvgIpc) is 2.80. The SMILES string of the molecule is CCCCCCCCNCc1ccc(CC)o1. The van der Waals surface area contributed by atoms with Gasteiger partial charge in [-0.25, -0.2) is 0 Å². The summed E-state index contributed by atoms with van der Waals surface area (Å²) in [6.07, 6.45) is 9.12. The highest BCUT2D eigenvalue weighted by atomic mass is 16.3. The lowest BCUT2D eigenvalue weighted by atomic mass is 10.1. The monoisotopic (exact) mass is 237 g/mol. The molecule has 1 heterocycles. The molecule has 0 bridgehead atoms. The van der Waals surface area contributed by atoms with Crippen molar-refractivity contribution in [3.63, 3.8) is 0 Å². The standard InChI is InChI=1S/C15H27NO/c1-3-5-6-7-8-9-12-16-13-15-11-10-14(4-2)17-15/h10-11,16H,3-9,12-13H2,1-2H3. The highest BCUT2D eigenvalue weighted by Crippen LogP contribution is 2.08. The molecule has 2 heteroatoms. The molecular weight excluding hydrogens is 210 g/mol. The third kappa shape index (κ3) is 6.52. The second-order valence-corrected chi connectivity index (χ2v) is 4.67.